The number of rotatable bonds is 5. The fourth-order valence-electron chi connectivity index (χ4n) is 2.17. The van der Waals surface area contributed by atoms with Crippen LogP contribution >= 0.6 is 0 Å². The van der Waals surface area contributed by atoms with Crippen LogP contribution in [-0.2, 0) is 6.42 Å². The summed E-state index contributed by atoms with van der Waals surface area (Å²) < 4.78 is 5.35. The van der Waals surface area contributed by atoms with E-state index < -0.39 is 0 Å². The standard InChI is InChI=1S/C14H23N5O/c1-5-12-16-14(20-17-12)13(15-10-18(3)4)11(2)19-8-6-7-9-19/h10H,5-9H2,1-4H3/b13-11-,15-10?. The quantitative estimate of drug-likeness (QED) is 0.608. The van der Waals surface area contributed by atoms with Crippen LogP contribution in [0, 0.1) is 0 Å². The van der Waals surface area contributed by atoms with Crippen molar-refractivity contribution in [1.29, 1.82) is 0 Å². The van der Waals surface area contributed by atoms with Crippen molar-refractivity contribution in [3.8, 4) is 0 Å². The maximum Gasteiger partial charge on any atom is 0.278 e. The first kappa shape index (κ1) is 14.6. The molecule has 2 rings (SSSR count). The predicted molar refractivity (Wildman–Crippen MR) is 79.3 cm³/mol. The van der Waals surface area contributed by atoms with Gasteiger partial charge in [-0.15, -0.1) is 0 Å². The molecule has 6 nitrogen and oxygen atoms in total. The van der Waals surface area contributed by atoms with Gasteiger partial charge in [0.25, 0.3) is 5.89 Å². The molecule has 6 heteroatoms. The number of nitrogens with zero attached hydrogens (tertiary/aromatic N) is 5. The largest absolute Gasteiger partial charge is 0.373 e. The Hall–Kier alpha value is -1.85. The van der Waals surface area contributed by atoms with E-state index in [0.717, 1.165) is 30.9 Å². The van der Waals surface area contributed by atoms with Gasteiger partial charge in [0.1, 0.15) is 5.70 Å². The van der Waals surface area contributed by atoms with Gasteiger partial charge in [-0.1, -0.05) is 12.1 Å². The smallest absolute Gasteiger partial charge is 0.278 e. The Morgan fingerprint density at radius 2 is 2.10 bits per heavy atom. The minimum absolute atomic E-state index is 0.504. The highest BCUT2D eigenvalue weighted by Gasteiger charge is 2.19. The average Bonchev–Trinajstić information content (AvgIpc) is 3.09. The highest BCUT2D eigenvalue weighted by Crippen LogP contribution is 2.24. The molecule has 0 N–H and O–H groups in total. The molecule has 1 fully saturated rings. The zero-order valence-electron chi connectivity index (χ0n) is 12.8. The van der Waals surface area contributed by atoms with Crippen molar-refractivity contribution in [3.05, 3.63) is 17.4 Å². The van der Waals surface area contributed by atoms with Crippen LogP contribution in [0.5, 0.6) is 0 Å². The summed E-state index contributed by atoms with van der Waals surface area (Å²) in [5, 5.41) is 3.97. The van der Waals surface area contributed by atoms with Gasteiger partial charge in [-0.3, -0.25) is 0 Å². The number of aliphatic imine (C=N–C) groups is 1. The third-order valence-corrected chi connectivity index (χ3v) is 3.33. The molecule has 0 aliphatic carbocycles. The van der Waals surface area contributed by atoms with Crippen LogP contribution in [0.2, 0.25) is 0 Å². The Bertz CT molecular complexity index is 497. The van der Waals surface area contributed by atoms with Gasteiger partial charge >= 0.3 is 0 Å². The van der Waals surface area contributed by atoms with Crippen LogP contribution in [0.25, 0.3) is 5.70 Å². The molecule has 1 aromatic rings. The van der Waals surface area contributed by atoms with Crippen LogP contribution < -0.4 is 0 Å². The zero-order valence-corrected chi connectivity index (χ0v) is 12.8. The lowest BCUT2D eigenvalue weighted by Crippen LogP contribution is -2.18. The van der Waals surface area contributed by atoms with E-state index in [1.165, 1.54) is 12.8 Å². The predicted octanol–water partition coefficient (Wildman–Crippen LogP) is 2.01. The molecular formula is C14H23N5O. The topological polar surface area (TPSA) is 57.8 Å². The van der Waals surface area contributed by atoms with Crippen molar-refractivity contribution in [2.24, 2.45) is 4.99 Å². The summed E-state index contributed by atoms with van der Waals surface area (Å²) in [6.07, 6.45) is 4.99. The Labute approximate surface area is 120 Å². The number of aromatic nitrogens is 2. The molecule has 1 saturated heterocycles. The molecule has 0 saturated carbocycles. The van der Waals surface area contributed by atoms with E-state index in [1.54, 1.807) is 6.34 Å². The van der Waals surface area contributed by atoms with Crippen LogP contribution in [0.1, 0.15) is 38.4 Å². The lowest BCUT2D eigenvalue weighted by Gasteiger charge is -2.19. The number of allylic oxidation sites excluding steroid dienone is 1. The Kier molecular flexibility index (Phi) is 4.76. The van der Waals surface area contributed by atoms with Crippen molar-refractivity contribution in [2.75, 3.05) is 27.2 Å². The molecule has 0 radical (unpaired) electrons. The van der Waals surface area contributed by atoms with E-state index in [1.807, 2.05) is 25.9 Å². The molecular weight excluding hydrogens is 254 g/mol. The molecule has 0 unspecified atom stereocenters. The maximum absolute atomic E-state index is 5.35. The first-order valence-electron chi connectivity index (χ1n) is 7.11. The minimum atomic E-state index is 0.504. The van der Waals surface area contributed by atoms with Crippen molar-refractivity contribution in [2.45, 2.75) is 33.1 Å². The summed E-state index contributed by atoms with van der Waals surface area (Å²) in [6, 6.07) is 0. The van der Waals surface area contributed by atoms with E-state index >= 15 is 0 Å². The van der Waals surface area contributed by atoms with Crippen molar-refractivity contribution in [3.63, 3.8) is 0 Å². The average molecular weight is 277 g/mol. The Morgan fingerprint density at radius 3 is 2.65 bits per heavy atom. The zero-order chi connectivity index (χ0) is 14.5. The van der Waals surface area contributed by atoms with Gasteiger partial charge in [0, 0.05) is 39.3 Å². The van der Waals surface area contributed by atoms with E-state index in [4.69, 9.17) is 4.52 Å². The van der Waals surface area contributed by atoms with Crippen LogP contribution in [-0.4, -0.2) is 53.5 Å². The number of likely N-dealkylation sites (tertiary alicyclic amines) is 1. The highest BCUT2D eigenvalue weighted by atomic mass is 16.5. The van der Waals surface area contributed by atoms with E-state index in [0.29, 0.717) is 11.7 Å². The lowest BCUT2D eigenvalue weighted by molar-refractivity contribution is 0.393. The summed E-state index contributed by atoms with van der Waals surface area (Å²) in [5.74, 6) is 1.22. The van der Waals surface area contributed by atoms with Gasteiger partial charge in [0.05, 0.1) is 6.34 Å². The Morgan fingerprint density at radius 1 is 1.40 bits per heavy atom. The molecule has 1 aliphatic heterocycles. The van der Waals surface area contributed by atoms with E-state index in [2.05, 4.69) is 27.0 Å². The minimum Gasteiger partial charge on any atom is -0.373 e. The fraction of sp³-hybridized carbons (Fsp3) is 0.643. The second kappa shape index (κ2) is 6.54. The summed E-state index contributed by atoms with van der Waals surface area (Å²) in [6.45, 7) is 6.22. The second-order valence-corrected chi connectivity index (χ2v) is 5.21. The van der Waals surface area contributed by atoms with Crippen molar-refractivity contribution in [1.82, 2.24) is 19.9 Å². The monoisotopic (exact) mass is 277 g/mol. The van der Waals surface area contributed by atoms with Crippen LogP contribution in [0.4, 0.5) is 0 Å². The van der Waals surface area contributed by atoms with Gasteiger partial charge in [-0.25, -0.2) is 4.99 Å². The SMILES string of the molecule is CCc1noc(/C(N=CN(C)C)=C(\C)N2CCCC2)n1. The summed E-state index contributed by atoms with van der Waals surface area (Å²) in [5.41, 5.74) is 1.87. The molecule has 0 aromatic carbocycles. The van der Waals surface area contributed by atoms with Crippen LogP contribution in [0.15, 0.2) is 15.2 Å². The van der Waals surface area contributed by atoms with Gasteiger partial charge in [0.15, 0.2) is 5.82 Å². The molecule has 110 valence electrons. The third kappa shape index (κ3) is 3.37. The second-order valence-electron chi connectivity index (χ2n) is 5.21. The fourth-order valence-corrected chi connectivity index (χ4v) is 2.17. The molecule has 2 heterocycles. The molecule has 1 aromatic heterocycles. The van der Waals surface area contributed by atoms with Crippen molar-refractivity contribution >= 4 is 12.0 Å². The van der Waals surface area contributed by atoms with E-state index in [-0.39, 0.29) is 0 Å². The summed E-state index contributed by atoms with van der Waals surface area (Å²) >= 11 is 0. The summed E-state index contributed by atoms with van der Waals surface area (Å²) in [7, 11) is 3.88. The Balaban J connectivity index is 2.35. The highest BCUT2D eigenvalue weighted by molar-refractivity contribution is 5.70. The normalized spacial score (nSPS) is 16.9. The number of hydrogen-bond donors (Lipinski definition) is 0. The van der Waals surface area contributed by atoms with Crippen molar-refractivity contribution < 1.29 is 4.52 Å². The van der Waals surface area contributed by atoms with Gasteiger partial charge in [0.2, 0.25) is 0 Å². The summed E-state index contributed by atoms with van der Waals surface area (Å²) in [4.78, 5) is 13.2. The van der Waals surface area contributed by atoms with E-state index in [9.17, 15) is 0 Å². The number of aryl methyl sites for hydroxylation is 1. The molecule has 0 spiro atoms. The molecule has 0 bridgehead atoms. The molecule has 0 amide bonds. The maximum atomic E-state index is 5.35. The molecule has 20 heavy (non-hydrogen) atoms. The lowest BCUT2D eigenvalue weighted by atomic mass is 10.3. The van der Waals surface area contributed by atoms with Gasteiger partial charge in [-0.2, -0.15) is 4.98 Å². The van der Waals surface area contributed by atoms with Gasteiger partial charge < -0.3 is 14.3 Å². The number of hydrogen-bond acceptors (Lipinski definition) is 5. The first-order chi connectivity index (χ1) is 9.61. The third-order valence-electron chi connectivity index (χ3n) is 3.33. The first-order valence-corrected chi connectivity index (χ1v) is 7.11. The molecule has 0 atom stereocenters. The molecule has 1 aliphatic rings. The van der Waals surface area contributed by atoms with Crippen LogP contribution in [0.3, 0.4) is 0 Å². The van der Waals surface area contributed by atoms with Gasteiger partial charge in [-0.05, 0) is 19.8 Å².